The Kier molecular flexibility index (Phi) is 11.8. The largest absolute Gasteiger partial charge is 0.365 e. The van der Waals surface area contributed by atoms with Crippen molar-refractivity contribution in [3.05, 3.63) is 48.3 Å². The zero-order valence-corrected chi connectivity index (χ0v) is 29.1. The second kappa shape index (κ2) is 15.2. The minimum Gasteiger partial charge on any atom is -0.365 e. The molecule has 5 atom stereocenters. The Morgan fingerprint density at radius 1 is 1.02 bits per heavy atom. The lowest BCUT2D eigenvalue weighted by Crippen LogP contribution is -2.63. The van der Waals surface area contributed by atoms with Crippen molar-refractivity contribution in [2.45, 2.75) is 129 Å². The predicted molar refractivity (Wildman–Crippen MR) is 185 cm³/mol. The zero-order chi connectivity index (χ0) is 34.5. The van der Waals surface area contributed by atoms with Crippen LogP contribution >= 0.6 is 0 Å². The van der Waals surface area contributed by atoms with Gasteiger partial charge in [-0.1, -0.05) is 104 Å². The molecule has 2 aliphatic carbocycles. The fraction of sp³-hybridized carbons (Fsp3) is 0.676. The number of carbonyl (C=O) groups is 4. The molecule has 7 N–H and O–H groups in total. The Morgan fingerprint density at radius 3 is 2.21 bits per heavy atom. The summed E-state index contributed by atoms with van der Waals surface area (Å²) in [6, 6.07) is 7.67. The maximum atomic E-state index is 14.5. The Morgan fingerprint density at radius 2 is 1.66 bits per heavy atom. The minimum absolute atomic E-state index is 0.104. The molecule has 3 amide bonds. The monoisotopic (exact) mass is 650 g/mol. The number of Topliss-reactive ketones (excluding diaryl/α,β-unsaturated/α-hetero) is 1. The third kappa shape index (κ3) is 9.36. The molecular weight excluding hydrogens is 592 g/mol. The first kappa shape index (κ1) is 36.4. The van der Waals surface area contributed by atoms with Crippen molar-refractivity contribution in [2.24, 2.45) is 34.6 Å². The molecule has 4 rings (SSSR count). The van der Waals surface area contributed by atoms with E-state index < -0.39 is 41.1 Å². The number of likely N-dealkylation sites (tertiary alicyclic amines) is 1. The second-order valence-corrected chi connectivity index (χ2v) is 15.8. The van der Waals surface area contributed by atoms with Crippen LogP contribution in [0.5, 0.6) is 0 Å². The lowest BCUT2D eigenvalue weighted by Gasteiger charge is -2.45. The number of carbonyl (C=O) groups excluding carboxylic acids is 4. The van der Waals surface area contributed by atoms with Crippen LogP contribution in [-0.2, 0) is 25.6 Å². The SMILES string of the molecule is C=C(NC(C(=O)N1C[C@H](C(C)C)CC1C(=O)NC(CC1CC1)C(=O)C(N)=O)C(C)(C)C)NC1(C(N)Cc2ccccc2)CCCCC1. The van der Waals surface area contributed by atoms with Crippen LogP contribution < -0.4 is 27.4 Å². The Hall–Kier alpha value is -3.40. The van der Waals surface area contributed by atoms with Gasteiger partial charge in [-0.15, -0.1) is 0 Å². The molecule has 3 fully saturated rings. The average Bonchev–Trinajstić information content (AvgIpc) is 3.72. The van der Waals surface area contributed by atoms with Gasteiger partial charge in [0.2, 0.25) is 17.6 Å². The summed E-state index contributed by atoms with van der Waals surface area (Å²) in [5.74, 6) is -1.29. The highest BCUT2D eigenvalue weighted by Gasteiger charge is 2.47. The van der Waals surface area contributed by atoms with Gasteiger partial charge >= 0.3 is 0 Å². The molecule has 10 nitrogen and oxygen atoms in total. The lowest BCUT2D eigenvalue weighted by molar-refractivity contribution is -0.143. The molecule has 1 aromatic carbocycles. The number of amides is 3. The van der Waals surface area contributed by atoms with Crippen molar-refractivity contribution in [1.29, 1.82) is 0 Å². The maximum Gasteiger partial charge on any atom is 0.287 e. The van der Waals surface area contributed by atoms with Gasteiger partial charge in [-0.2, -0.15) is 0 Å². The first-order valence-electron chi connectivity index (χ1n) is 17.6. The molecule has 1 saturated heterocycles. The van der Waals surface area contributed by atoms with Crippen molar-refractivity contribution < 1.29 is 19.2 Å². The highest BCUT2D eigenvalue weighted by atomic mass is 16.2. The van der Waals surface area contributed by atoms with E-state index in [1.54, 1.807) is 4.90 Å². The van der Waals surface area contributed by atoms with Crippen molar-refractivity contribution in [1.82, 2.24) is 20.9 Å². The van der Waals surface area contributed by atoms with Gasteiger partial charge in [-0.05, 0) is 60.8 Å². The van der Waals surface area contributed by atoms with Crippen LogP contribution in [0, 0.1) is 23.2 Å². The molecule has 0 radical (unpaired) electrons. The van der Waals surface area contributed by atoms with E-state index in [1.807, 2.05) is 39.0 Å². The van der Waals surface area contributed by atoms with E-state index in [0.29, 0.717) is 25.2 Å². The average molecular weight is 651 g/mol. The van der Waals surface area contributed by atoms with E-state index in [0.717, 1.165) is 51.4 Å². The molecule has 2 saturated carbocycles. The summed E-state index contributed by atoms with van der Waals surface area (Å²) in [6.45, 7) is 14.9. The van der Waals surface area contributed by atoms with Gasteiger partial charge in [0.05, 0.1) is 17.4 Å². The van der Waals surface area contributed by atoms with E-state index >= 15 is 0 Å². The van der Waals surface area contributed by atoms with E-state index in [1.165, 1.54) is 5.56 Å². The fourth-order valence-electron chi connectivity index (χ4n) is 7.36. The second-order valence-electron chi connectivity index (χ2n) is 15.8. The molecule has 0 spiro atoms. The molecule has 4 unspecified atom stereocenters. The van der Waals surface area contributed by atoms with Crippen LogP contribution in [0.4, 0.5) is 0 Å². The molecule has 0 aromatic heterocycles. The van der Waals surface area contributed by atoms with Gasteiger partial charge < -0.3 is 32.3 Å². The molecule has 0 bridgehead atoms. The Balaban J connectivity index is 1.53. The zero-order valence-electron chi connectivity index (χ0n) is 29.1. The predicted octanol–water partition coefficient (Wildman–Crippen LogP) is 3.54. The van der Waals surface area contributed by atoms with Crippen molar-refractivity contribution in [3.63, 3.8) is 0 Å². The summed E-state index contributed by atoms with van der Waals surface area (Å²) in [4.78, 5) is 54.4. The molecule has 1 aromatic rings. The van der Waals surface area contributed by atoms with Crippen LogP contribution in [0.25, 0.3) is 0 Å². The summed E-state index contributed by atoms with van der Waals surface area (Å²) < 4.78 is 0. The number of benzene rings is 1. The summed E-state index contributed by atoms with van der Waals surface area (Å²) >= 11 is 0. The van der Waals surface area contributed by atoms with Crippen molar-refractivity contribution in [3.8, 4) is 0 Å². The Bertz CT molecular complexity index is 1280. The molecule has 47 heavy (non-hydrogen) atoms. The smallest absolute Gasteiger partial charge is 0.287 e. The topological polar surface area (TPSA) is 160 Å². The van der Waals surface area contributed by atoms with E-state index in [9.17, 15) is 19.2 Å². The number of primary amides is 1. The van der Waals surface area contributed by atoms with Gasteiger partial charge in [-0.3, -0.25) is 19.2 Å². The molecule has 3 aliphatic rings. The minimum atomic E-state index is -1.06. The van der Waals surface area contributed by atoms with Crippen molar-refractivity contribution in [2.75, 3.05) is 6.54 Å². The molecular formula is C37H58N6O4. The summed E-state index contributed by atoms with van der Waals surface area (Å²) in [5.41, 5.74) is 12.6. The molecule has 10 heteroatoms. The number of nitrogens with one attached hydrogen (secondary N) is 3. The van der Waals surface area contributed by atoms with E-state index in [2.05, 4.69) is 48.5 Å². The van der Waals surface area contributed by atoms with Crippen molar-refractivity contribution >= 4 is 23.5 Å². The number of hydrogen-bond donors (Lipinski definition) is 5. The molecule has 1 aliphatic heterocycles. The maximum absolute atomic E-state index is 14.5. The van der Waals surface area contributed by atoms with Gasteiger partial charge in [0.25, 0.3) is 5.91 Å². The summed E-state index contributed by atoms with van der Waals surface area (Å²) in [6.07, 6.45) is 8.59. The molecule has 1 heterocycles. The summed E-state index contributed by atoms with van der Waals surface area (Å²) in [7, 11) is 0. The molecule has 260 valence electrons. The van der Waals surface area contributed by atoms with Gasteiger partial charge in [0.1, 0.15) is 12.1 Å². The number of hydrogen-bond acceptors (Lipinski definition) is 7. The van der Waals surface area contributed by atoms with Gasteiger partial charge in [0, 0.05) is 12.6 Å². The van der Waals surface area contributed by atoms with Crippen LogP contribution in [0.15, 0.2) is 42.7 Å². The van der Waals surface area contributed by atoms with Crippen LogP contribution in [0.3, 0.4) is 0 Å². The van der Waals surface area contributed by atoms with Gasteiger partial charge in [0.15, 0.2) is 0 Å². The highest BCUT2D eigenvalue weighted by Crippen LogP contribution is 2.36. The normalized spacial score (nSPS) is 23.0. The number of rotatable bonds is 15. The third-order valence-electron chi connectivity index (χ3n) is 10.6. The highest BCUT2D eigenvalue weighted by molar-refractivity contribution is 6.37. The first-order valence-corrected chi connectivity index (χ1v) is 17.6. The Labute approximate surface area is 281 Å². The van der Waals surface area contributed by atoms with E-state index in [-0.39, 0.29) is 35.2 Å². The number of nitrogens with zero attached hydrogens (tertiary/aromatic N) is 1. The third-order valence-corrected chi connectivity index (χ3v) is 10.6. The first-order chi connectivity index (χ1) is 22.1. The quantitative estimate of drug-likeness (QED) is 0.182. The lowest BCUT2D eigenvalue weighted by atomic mass is 9.74. The van der Waals surface area contributed by atoms with Crippen LogP contribution in [-0.4, -0.2) is 64.7 Å². The van der Waals surface area contributed by atoms with E-state index in [4.69, 9.17) is 11.5 Å². The number of ketones is 1. The summed E-state index contributed by atoms with van der Waals surface area (Å²) in [5, 5.41) is 9.93. The standard InChI is InChI=1S/C37H58N6O4/c1-23(2)27-21-29(34(46)41-28(19-26-15-16-26)31(44)33(39)45)43(22-27)35(47)32(36(4,5)6)40-24(3)42-37(17-11-8-12-18-37)30(38)20-25-13-9-7-10-14-25/h7,9-10,13-14,23,26-30,32,40,42H,3,8,11-12,15-22,38H2,1-2,4-6H3,(H2,39,45)(H,41,46)/t27-,28?,29?,30?,32?/m1/s1. The van der Waals surface area contributed by atoms with Crippen LogP contribution in [0.1, 0.15) is 98.0 Å². The van der Waals surface area contributed by atoms with Gasteiger partial charge in [-0.25, -0.2) is 0 Å². The van der Waals surface area contributed by atoms with Crippen LogP contribution in [0.2, 0.25) is 0 Å². The fourth-order valence-corrected chi connectivity index (χ4v) is 7.36. The number of nitrogens with two attached hydrogens (primary N) is 2.